The fraction of sp³-hybridized carbons (Fsp3) is 0.692. The predicted octanol–water partition coefficient (Wildman–Crippen LogP) is 1.25. The van der Waals surface area contributed by atoms with Crippen LogP contribution in [0.2, 0.25) is 0 Å². The predicted molar refractivity (Wildman–Crippen MR) is 73.7 cm³/mol. The van der Waals surface area contributed by atoms with Crippen molar-refractivity contribution in [2.75, 3.05) is 6.54 Å². The van der Waals surface area contributed by atoms with Crippen LogP contribution >= 0.6 is 0 Å². The number of nitrogens with one attached hydrogen (secondary N) is 1. The molecule has 1 atom stereocenters. The summed E-state index contributed by atoms with van der Waals surface area (Å²) in [5.74, 6) is 0.550. The largest absolute Gasteiger partial charge is 0.370 e. The van der Waals surface area contributed by atoms with Gasteiger partial charge in [-0.1, -0.05) is 0 Å². The highest BCUT2D eigenvalue weighted by molar-refractivity contribution is 5.78. The van der Waals surface area contributed by atoms with Crippen molar-refractivity contribution in [3.05, 3.63) is 17.5 Å². The lowest BCUT2D eigenvalue weighted by Crippen LogP contribution is -2.43. The van der Waals surface area contributed by atoms with Gasteiger partial charge in [0.1, 0.15) is 0 Å². The molecule has 0 aliphatic heterocycles. The van der Waals surface area contributed by atoms with Crippen molar-refractivity contribution >= 4 is 5.96 Å². The lowest BCUT2D eigenvalue weighted by atomic mass is 9.94. The van der Waals surface area contributed by atoms with E-state index >= 15 is 0 Å². The first-order valence-corrected chi connectivity index (χ1v) is 6.73. The van der Waals surface area contributed by atoms with Crippen LogP contribution in [0.1, 0.15) is 44.5 Å². The third kappa shape index (κ3) is 2.83. The Hall–Kier alpha value is -1.52. The number of hydrogen-bond acceptors (Lipinski definition) is 2. The Labute approximate surface area is 108 Å². The topological polar surface area (TPSA) is 68.2 Å². The van der Waals surface area contributed by atoms with E-state index in [4.69, 9.17) is 5.73 Å². The van der Waals surface area contributed by atoms with Gasteiger partial charge in [-0.3, -0.25) is 9.67 Å². The van der Waals surface area contributed by atoms with Crippen molar-refractivity contribution in [3.8, 4) is 0 Å². The molecule has 1 aromatic rings. The Morgan fingerprint density at radius 1 is 1.67 bits per heavy atom. The van der Waals surface area contributed by atoms with Crippen molar-refractivity contribution in [3.63, 3.8) is 0 Å². The summed E-state index contributed by atoms with van der Waals surface area (Å²) in [6.07, 6.45) is 5.28. The van der Waals surface area contributed by atoms with Gasteiger partial charge in [0.05, 0.1) is 5.69 Å². The van der Waals surface area contributed by atoms with Crippen molar-refractivity contribution < 1.29 is 0 Å². The van der Waals surface area contributed by atoms with Gasteiger partial charge in [0.2, 0.25) is 0 Å². The molecule has 0 saturated heterocycles. The zero-order chi connectivity index (χ0) is 13.1. The second-order valence-electron chi connectivity index (χ2n) is 5.12. The second kappa shape index (κ2) is 5.42. The van der Waals surface area contributed by atoms with Gasteiger partial charge >= 0.3 is 0 Å². The molecule has 1 aromatic heterocycles. The molecule has 0 fully saturated rings. The van der Waals surface area contributed by atoms with E-state index in [-0.39, 0.29) is 0 Å². The minimum atomic E-state index is 0.364. The molecule has 1 heterocycles. The lowest BCUT2D eigenvalue weighted by Gasteiger charge is -2.22. The number of fused-ring (bicyclic) bond motifs is 1. The molecule has 1 aliphatic rings. The van der Waals surface area contributed by atoms with Gasteiger partial charge in [-0.2, -0.15) is 5.10 Å². The van der Waals surface area contributed by atoms with Crippen LogP contribution in [0.25, 0.3) is 0 Å². The summed E-state index contributed by atoms with van der Waals surface area (Å²) in [5.41, 5.74) is 8.39. The van der Waals surface area contributed by atoms with Crippen LogP contribution in [0.4, 0.5) is 0 Å². The van der Waals surface area contributed by atoms with Crippen molar-refractivity contribution in [2.45, 2.75) is 52.1 Å². The minimum Gasteiger partial charge on any atom is -0.370 e. The Balaban J connectivity index is 2.03. The zero-order valence-electron chi connectivity index (χ0n) is 11.5. The molecule has 0 spiro atoms. The molecule has 5 heteroatoms. The SMILES string of the molecule is CCN=C(N)NC1CCc2cn(C(C)C)nc2C1. The maximum atomic E-state index is 5.80. The molecule has 100 valence electrons. The van der Waals surface area contributed by atoms with Gasteiger partial charge in [0.25, 0.3) is 0 Å². The van der Waals surface area contributed by atoms with Gasteiger partial charge in [-0.25, -0.2) is 0 Å². The first-order valence-electron chi connectivity index (χ1n) is 6.73. The molecule has 0 bridgehead atoms. The third-order valence-corrected chi connectivity index (χ3v) is 3.31. The van der Waals surface area contributed by atoms with Crippen LogP contribution < -0.4 is 11.1 Å². The van der Waals surface area contributed by atoms with E-state index in [9.17, 15) is 0 Å². The van der Waals surface area contributed by atoms with Gasteiger partial charge in [-0.15, -0.1) is 0 Å². The summed E-state index contributed by atoms with van der Waals surface area (Å²) < 4.78 is 2.05. The highest BCUT2D eigenvalue weighted by atomic mass is 15.3. The minimum absolute atomic E-state index is 0.364. The molecule has 1 unspecified atom stereocenters. The van der Waals surface area contributed by atoms with E-state index in [0.29, 0.717) is 18.0 Å². The summed E-state index contributed by atoms with van der Waals surface area (Å²) in [6.45, 7) is 7.01. The quantitative estimate of drug-likeness (QED) is 0.625. The van der Waals surface area contributed by atoms with E-state index in [1.54, 1.807) is 0 Å². The third-order valence-electron chi connectivity index (χ3n) is 3.31. The number of aryl methyl sites for hydroxylation is 1. The van der Waals surface area contributed by atoms with E-state index in [1.807, 2.05) is 6.92 Å². The molecule has 0 saturated carbocycles. The number of hydrogen-bond donors (Lipinski definition) is 2. The molecule has 0 aromatic carbocycles. The van der Waals surface area contributed by atoms with Crippen LogP contribution in [0.5, 0.6) is 0 Å². The smallest absolute Gasteiger partial charge is 0.188 e. The number of nitrogens with two attached hydrogens (primary N) is 1. The average molecular weight is 249 g/mol. The number of guanidine groups is 1. The fourth-order valence-electron chi connectivity index (χ4n) is 2.33. The first-order chi connectivity index (χ1) is 8.60. The molecule has 1 aliphatic carbocycles. The highest BCUT2D eigenvalue weighted by Crippen LogP contribution is 2.21. The monoisotopic (exact) mass is 249 g/mol. The fourth-order valence-corrected chi connectivity index (χ4v) is 2.33. The molecular weight excluding hydrogens is 226 g/mol. The van der Waals surface area contributed by atoms with Crippen LogP contribution in [0.3, 0.4) is 0 Å². The lowest BCUT2D eigenvalue weighted by molar-refractivity contribution is 0.502. The van der Waals surface area contributed by atoms with Crippen molar-refractivity contribution in [1.82, 2.24) is 15.1 Å². The van der Waals surface area contributed by atoms with Crippen LogP contribution in [-0.2, 0) is 12.8 Å². The molecule has 2 rings (SSSR count). The van der Waals surface area contributed by atoms with Gasteiger partial charge in [-0.05, 0) is 39.2 Å². The zero-order valence-corrected chi connectivity index (χ0v) is 11.5. The van der Waals surface area contributed by atoms with Crippen molar-refractivity contribution in [1.29, 1.82) is 0 Å². The maximum absolute atomic E-state index is 5.80. The maximum Gasteiger partial charge on any atom is 0.188 e. The normalized spacial score (nSPS) is 20.0. The van der Waals surface area contributed by atoms with Crippen molar-refractivity contribution in [2.24, 2.45) is 10.7 Å². The van der Waals surface area contributed by atoms with Gasteiger partial charge in [0.15, 0.2) is 5.96 Å². The summed E-state index contributed by atoms with van der Waals surface area (Å²) in [7, 11) is 0. The van der Waals surface area contributed by atoms with Crippen LogP contribution in [0, 0.1) is 0 Å². The Morgan fingerprint density at radius 3 is 3.11 bits per heavy atom. The standard InChI is InChI=1S/C13H23N5/c1-4-15-13(14)16-11-6-5-10-8-18(9(2)3)17-12(10)7-11/h8-9,11H,4-7H2,1-3H3,(H3,14,15,16). The summed E-state index contributed by atoms with van der Waals surface area (Å²) >= 11 is 0. The Morgan fingerprint density at radius 2 is 2.44 bits per heavy atom. The van der Waals surface area contributed by atoms with Gasteiger partial charge < -0.3 is 11.1 Å². The second-order valence-corrected chi connectivity index (χ2v) is 5.12. The van der Waals surface area contributed by atoms with Crippen LogP contribution in [0.15, 0.2) is 11.2 Å². The molecular formula is C13H23N5. The molecule has 0 amide bonds. The molecule has 5 nitrogen and oxygen atoms in total. The number of rotatable bonds is 3. The molecule has 3 N–H and O–H groups in total. The summed E-state index contributed by atoms with van der Waals surface area (Å²) in [6, 6.07) is 0.789. The Kier molecular flexibility index (Phi) is 3.89. The van der Waals surface area contributed by atoms with E-state index < -0.39 is 0 Å². The highest BCUT2D eigenvalue weighted by Gasteiger charge is 2.22. The number of nitrogens with zero attached hydrogens (tertiary/aromatic N) is 3. The average Bonchev–Trinajstić information content (AvgIpc) is 2.72. The Bertz CT molecular complexity index is 433. The van der Waals surface area contributed by atoms with E-state index in [0.717, 1.165) is 25.8 Å². The molecule has 0 radical (unpaired) electrons. The molecule has 18 heavy (non-hydrogen) atoms. The summed E-state index contributed by atoms with van der Waals surface area (Å²) in [4.78, 5) is 4.17. The van der Waals surface area contributed by atoms with Crippen LogP contribution in [-0.4, -0.2) is 28.3 Å². The summed E-state index contributed by atoms with van der Waals surface area (Å²) in [5, 5.41) is 7.93. The number of aromatic nitrogens is 2. The van der Waals surface area contributed by atoms with Gasteiger partial charge in [0, 0.05) is 31.2 Å². The van der Waals surface area contributed by atoms with E-state index in [2.05, 4.69) is 40.1 Å². The van der Waals surface area contributed by atoms with E-state index in [1.165, 1.54) is 11.3 Å². The first kappa shape index (κ1) is 12.9. The number of aliphatic imine (C=N–C) groups is 1.